The van der Waals surface area contributed by atoms with Gasteiger partial charge in [-0.1, -0.05) is 12.1 Å². The van der Waals surface area contributed by atoms with E-state index < -0.39 is 12.2 Å². The molecule has 1 aromatic carbocycles. The standard InChI is InChI=1S/C20H25N5O4/c1-5-29-15-9-7-6-8-14(15)25-13(2)12-24-16-17(21-19(24)25)22(3)20(27)23(18(16)26)10-11-28-4/h6-9,12,16-17H,5,10-11H2,1-4H3. The molecule has 9 nitrogen and oxygen atoms in total. The number of methoxy groups -OCH3 is 1. The summed E-state index contributed by atoms with van der Waals surface area (Å²) in [5.74, 6) is 1.09. The Hall–Kier alpha value is -3.07. The predicted molar refractivity (Wildman–Crippen MR) is 107 cm³/mol. The summed E-state index contributed by atoms with van der Waals surface area (Å²) >= 11 is 0. The van der Waals surface area contributed by atoms with Gasteiger partial charge in [0.1, 0.15) is 5.75 Å². The van der Waals surface area contributed by atoms with Crippen molar-refractivity contribution in [3.05, 3.63) is 36.2 Å². The molecule has 3 aliphatic rings. The number of anilines is 1. The van der Waals surface area contributed by atoms with Crippen molar-refractivity contribution < 1.29 is 19.1 Å². The number of likely N-dealkylation sites (N-methyl/N-ethyl adjacent to an activating group) is 1. The van der Waals surface area contributed by atoms with Crippen LogP contribution in [0.25, 0.3) is 0 Å². The molecule has 3 heterocycles. The molecule has 154 valence electrons. The average Bonchev–Trinajstić information content (AvgIpc) is 3.22. The minimum atomic E-state index is -0.594. The molecule has 9 heteroatoms. The van der Waals surface area contributed by atoms with E-state index in [9.17, 15) is 9.59 Å². The molecule has 1 saturated heterocycles. The van der Waals surface area contributed by atoms with E-state index in [1.165, 1.54) is 9.80 Å². The van der Waals surface area contributed by atoms with Gasteiger partial charge in [0.05, 0.1) is 25.4 Å². The number of aliphatic imine (C=N–C) groups is 1. The Morgan fingerprint density at radius 1 is 1.21 bits per heavy atom. The number of nitrogens with zero attached hydrogens (tertiary/aromatic N) is 5. The molecule has 29 heavy (non-hydrogen) atoms. The maximum atomic E-state index is 13.2. The van der Waals surface area contributed by atoms with E-state index in [1.807, 2.05) is 54.1 Å². The van der Waals surface area contributed by atoms with Gasteiger partial charge < -0.3 is 19.3 Å². The normalized spacial score (nSPS) is 23.3. The largest absolute Gasteiger partial charge is 0.492 e. The monoisotopic (exact) mass is 399 g/mol. The van der Waals surface area contributed by atoms with Gasteiger partial charge in [-0.25, -0.2) is 9.79 Å². The zero-order chi connectivity index (χ0) is 20.7. The number of benzene rings is 1. The second-order valence-corrected chi connectivity index (χ2v) is 7.08. The Balaban J connectivity index is 1.70. The van der Waals surface area contributed by atoms with Crippen LogP contribution in [0.2, 0.25) is 0 Å². The van der Waals surface area contributed by atoms with Crippen LogP contribution in [-0.2, 0) is 9.53 Å². The van der Waals surface area contributed by atoms with Gasteiger partial charge in [-0.15, -0.1) is 0 Å². The van der Waals surface area contributed by atoms with Crippen LogP contribution in [0.5, 0.6) is 5.75 Å². The maximum Gasteiger partial charge on any atom is 0.328 e. The van der Waals surface area contributed by atoms with Gasteiger partial charge in [-0.05, 0) is 26.0 Å². The van der Waals surface area contributed by atoms with Crippen molar-refractivity contribution in [2.45, 2.75) is 26.1 Å². The molecule has 0 aliphatic carbocycles. The highest BCUT2D eigenvalue weighted by molar-refractivity contribution is 6.10. The molecule has 0 radical (unpaired) electrons. The summed E-state index contributed by atoms with van der Waals surface area (Å²) in [6, 6.07) is 6.76. The van der Waals surface area contributed by atoms with E-state index >= 15 is 0 Å². The molecule has 1 fully saturated rings. The molecule has 1 aromatic rings. The predicted octanol–water partition coefficient (Wildman–Crippen LogP) is 1.67. The van der Waals surface area contributed by atoms with Crippen molar-refractivity contribution >= 4 is 23.6 Å². The Morgan fingerprint density at radius 3 is 2.69 bits per heavy atom. The van der Waals surface area contributed by atoms with E-state index in [0.717, 1.165) is 17.1 Å². The maximum absolute atomic E-state index is 13.2. The Labute approximate surface area is 169 Å². The summed E-state index contributed by atoms with van der Waals surface area (Å²) in [6.45, 7) is 4.94. The molecule has 0 aromatic heterocycles. The number of allylic oxidation sites excluding steroid dienone is 1. The van der Waals surface area contributed by atoms with E-state index in [1.54, 1.807) is 14.2 Å². The van der Waals surface area contributed by atoms with Gasteiger partial charge in [0, 0.05) is 26.1 Å². The fourth-order valence-electron chi connectivity index (χ4n) is 3.96. The molecular formula is C20H25N5O4. The Bertz CT molecular complexity index is 899. The van der Waals surface area contributed by atoms with Crippen LogP contribution in [-0.4, -0.2) is 78.7 Å². The summed E-state index contributed by atoms with van der Waals surface area (Å²) in [5.41, 5.74) is 1.77. The number of hydrogen-bond donors (Lipinski definition) is 0. The molecule has 3 amide bonds. The van der Waals surface area contributed by atoms with Crippen molar-refractivity contribution in [3.63, 3.8) is 0 Å². The molecule has 0 saturated carbocycles. The molecule has 0 bridgehead atoms. The molecule has 4 rings (SSSR count). The summed E-state index contributed by atoms with van der Waals surface area (Å²) in [6.07, 6.45) is 1.33. The van der Waals surface area contributed by atoms with E-state index in [-0.39, 0.29) is 18.5 Å². The van der Waals surface area contributed by atoms with Crippen LogP contribution in [0.4, 0.5) is 10.5 Å². The minimum Gasteiger partial charge on any atom is -0.492 e. The van der Waals surface area contributed by atoms with Crippen LogP contribution in [0.15, 0.2) is 41.2 Å². The number of imide groups is 1. The Morgan fingerprint density at radius 2 is 1.97 bits per heavy atom. The summed E-state index contributed by atoms with van der Waals surface area (Å²) in [4.78, 5) is 37.2. The fourth-order valence-corrected chi connectivity index (χ4v) is 3.96. The third-order valence-corrected chi connectivity index (χ3v) is 5.31. The SMILES string of the molecule is CCOc1ccccc1N1C(C)=CN2C1=NC1C2C(=O)N(CCOC)C(=O)N1C. The summed E-state index contributed by atoms with van der Waals surface area (Å²) in [5, 5.41) is 0. The summed E-state index contributed by atoms with van der Waals surface area (Å²) in [7, 11) is 3.22. The van der Waals surface area contributed by atoms with Crippen molar-refractivity contribution in [1.29, 1.82) is 0 Å². The van der Waals surface area contributed by atoms with Crippen LogP contribution in [0.1, 0.15) is 13.8 Å². The number of carbonyl (C=O) groups is 2. The third-order valence-electron chi connectivity index (χ3n) is 5.31. The lowest BCUT2D eigenvalue weighted by Crippen LogP contribution is -2.64. The highest BCUT2D eigenvalue weighted by atomic mass is 16.5. The van der Waals surface area contributed by atoms with Crippen LogP contribution >= 0.6 is 0 Å². The quantitative estimate of drug-likeness (QED) is 0.724. The van der Waals surface area contributed by atoms with Gasteiger partial charge in [-0.3, -0.25) is 14.6 Å². The average molecular weight is 399 g/mol. The first-order chi connectivity index (χ1) is 14.0. The molecule has 0 spiro atoms. The highest BCUT2D eigenvalue weighted by Crippen LogP contribution is 2.39. The van der Waals surface area contributed by atoms with E-state index in [4.69, 9.17) is 14.5 Å². The number of fused-ring (bicyclic) bond motifs is 3. The van der Waals surface area contributed by atoms with Crippen molar-refractivity contribution in [3.8, 4) is 5.75 Å². The molecule has 0 N–H and O–H groups in total. The number of urea groups is 1. The van der Waals surface area contributed by atoms with Gasteiger partial charge in [0.2, 0.25) is 5.96 Å². The highest BCUT2D eigenvalue weighted by Gasteiger charge is 2.54. The van der Waals surface area contributed by atoms with Crippen molar-refractivity contribution in [1.82, 2.24) is 14.7 Å². The number of guanidine groups is 1. The topological polar surface area (TPSA) is 77.9 Å². The second kappa shape index (κ2) is 7.40. The van der Waals surface area contributed by atoms with E-state index in [0.29, 0.717) is 19.2 Å². The van der Waals surface area contributed by atoms with Crippen molar-refractivity contribution in [2.75, 3.05) is 38.8 Å². The molecule has 3 aliphatic heterocycles. The van der Waals surface area contributed by atoms with Gasteiger partial charge >= 0.3 is 6.03 Å². The van der Waals surface area contributed by atoms with Crippen molar-refractivity contribution in [2.24, 2.45) is 4.99 Å². The first kappa shape index (κ1) is 19.3. The first-order valence-corrected chi connectivity index (χ1v) is 9.63. The lowest BCUT2D eigenvalue weighted by Gasteiger charge is -2.40. The number of hydrogen-bond acceptors (Lipinski definition) is 7. The van der Waals surface area contributed by atoms with E-state index in [2.05, 4.69) is 0 Å². The van der Waals surface area contributed by atoms with Gasteiger partial charge in [0.25, 0.3) is 5.91 Å². The van der Waals surface area contributed by atoms with Crippen LogP contribution < -0.4 is 9.64 Å². The minimum absolute atomic E-state index is 0.213. The molecule has 2 unspecified atom stereocenters. The zero-order valence-electron chi connectivity index (χ0n) is 17.0. The lowest BCUT2D eigenvalue weighted by atomic mass is 10.1. The Kier molecular flexibility index (Phi) is 4.91. The fraction of sp³-hybridized carbons (Fsp3) is 0.450. The number of rotatable bonds is 6. The smallest absolute Gasteiger partial charge is 0.328 e. The zero-order valence-corrected chi connectivity index (χ0v) is 17.0. The van der Waals surface area contributed by atoms with Gasteiger partial charge in [0.15, 0.2) is 12.2 Å². The third kappa shape index (κ3) is 2.93. The number of para-hydroxylation sites is 2. The first-order valence-electron chi connectivity index (χ1n) is 9.63. The molecular weight excluding hydrogens is 374 g/mol. The lowest BCUT2D eigenvalue weighted by molar-refractivity contribution is -0.137. The molecule has 2 atom stereocenters. The number of amides is 3. The summed E-state index contributed by atoms with van der Waals surface area (Å²) < 4.78 is 10.9. The van der Waals surface area contributed by atoms with Gasteiger partial charge in [-0.2, -0.15) is 0 Å². The van der Waals surface area contributed by atoms with Crippen LogP contribution in [0.3, 0.4) is 0 Å². The number of carbonyl (C=O) groups excluding carboxylic acids is 2. The second-order valence-electron chi connectivity index (χ2n) is 7.08. The van der Waals surface area contributed by atoms with Crippen LogP contribution in [0, 0.1) is 0 Å². The number of ether oxygens (including phenoxy) is 2.